The normalized spacial score (nSPS) is 27.4. The smallest absolute Gasteiger partial charge is 0.343 e. The van der Waals surface area contributed by atoms with Crippen molar-refractivity contribution < 1.29 is 19.0 Å². The Balaban J connectivity index is 2.22. The van der Waals surface area contributed by atoms with E-state index in [0.29, 0.717) is 17.1 Å². The molecular weight excluding hydrogens is 256 g/mol. The van der Waals surface area contributed by atoms with Gasteiger partial charge in [-0.15, -0.1) is 0 Å². The molecule has 1 heterocycles. The van der Waals surface area contributed by atoms with E-state index in [2.05, 4.69) is 6.08 Å². The molecule has 1 aromatic carbocycles. The van der Waals surface area contributed by atoms with Crippen LogP contribution >= 0.6 is 0 Å². The number of allylic oxidation sites excluding steroid dienone is 1. The first-order valence-corrected chi connectivity index (χ1v) is 6.76. The van der Waals surface area contributed by atoms with Crippen molar-refractivity contribution in [3.63, 3.8) is 0 Å². The van der Waals surface area contributed by atoms with E-state index < -0.39 is 5.60 Å². The molecule has 1 aromatic rings. The van der Waals surface area contributed by atoms with Gasteiger partial charge in [-0.25, -0.2) is 4.79 Å². The SMILES string of the molecule is COc1cc(OC)c2c(c1)[C@@H]1CCC=C[C@]1(C)OC2=O. The number of fused-ring (bicyclic) bond motifs is 3. The highest BCUT2D eigenvalue weighted by molar-refractivity contribution is 5.96. The van der Waals surface area contributed by atoms with E-state index in [1.807, 2.05) is 19.1 Å². The van der Waals surface area contributed by atoms with Gasteiger partial charge in [-0.3, -0.25) is 0 Å². The van der Waals surface area contributed by atoms with Crippen molar-refractivity contribution in [3.05, 3.63) is 35.4 Å². The van der Waals surface area contributed by atoms with Crippen molar-refractivity contribution in [1.82, 2.24) is 0 Å². The van der Waals surface area contributed by atoms with Crippen LogP contribution in [-0.2, 0) is 4.74 Å². The van der Waals surface area contributed by atoms with E-state index in [1.54, 1.807) is 20.3 Å². The van der Waals surface area contributed by atoms with Crippen molar-refractivity contribution in [2.75, 3.05) is 14.2 Å². The van der Waals surface area contributed by atoms with Crippen LogP contribution in [-0.4, -0.2) is 25.8 Å². The second-order valence-electron chi connectivity index (χ2n) is 5.40. The van der Waals surface area contributed by atoms with E-state index in [-0.39, 0.29) is 11.9 Å². The lowest BCUT2D eigenvalue weighted by Crippen LogP contribution is -2.42. The average molecular weight is 274 g/mol. The monoisotopic (exact) mass is 274 g/mol. The number of carbonyl (C=O) groups is 1. The number of methoxy groups -OCH3 is 2. The maximum atomic E-state index is 12.3. The summed E-state index contributed by atoms with van der Waals surface area (Å²) in [6.07, 6.45) is 6.00. The highest BCUT2D eigenvalue weighted by atomic mass is 16.6. The van der Waals surface area contributed by atoms with Gasteiger partial charge in [-0.2, -0.15) is 0 Å². The summed E-state index contributed by atoms with van der Waals surface area (Å²) in [5.41, 5.74) is 0.926. The molecule has 2 atom stereocenters. The summed E-state index contributed by atoms with van der Waals surface area (Å²) in [7, 11) is 3.17. The zero-order valence-electron chi connectivity index (χ0n) is 11.9. The zero-order chi connectivity index (χ0) is 14.3. The fraction of sp³-hybridized carbons (Fsp3) is 0.438. The van der Waals surface area contributed by atoms with E-state index in [0.717, 1.165) is 18.4 Å². The Labute approximate surface area is 118 Å². The highest BCUT2D eigenvalue weighted by Crippen LogP contribution is 2.48. The lowest BCUT2D eigenvalue weighted by molar-refractivity contribution is -0.0105. The Kier molecular flexibility index (Phi) is 2.96. The van der Waals surface area contributed by atoms with Crippen LogP contribution in [0, 0.1) is 0 Å². The van der Waals surface area contributed by atoms with Crippen LogP contribution in [0.25, 0.3) is 0 Å². The van der Waals surface area contributed by atoms with Gasteiger partial charge in [0, 0.05) is 12.0 Å². The van der Waals surface area contributed by atoms with Gasteiger partial charge in [-0.05, 0) is 37.5 Å². The van der Waals surface area contributed by atoms with Crippen LogP contribution in [0.1, 0.15) is 41.6 Å². The first-order chi connectivity index (χ1) is 9.59. The lowest BCUT2D eigenvalue weighted by Gasteiger charge is -2.42. The van der Waals surface area contributed by atoms with Gasteiger partial charge in [0.25, 0.3) is 0 Å². The first kappa shape index (κ1) is 13.0. The number of hydrogen-bond acceptors (Lipinski definition) is 4. The van der Waals surface area contributed by atoms with Crippen LogP contribution in [0.5, 0.6) is 11.5 Å². The maximum absolute atomic E-state index is 12.3. The summed E-state index contributed by atoms with van der Waals surface area (Å²) in [4.78, 5) is 12.3. The Hall–Kier alpha value is -1.97. The van der Waals surface area contributed by atoms with Gasteiger partial charge in [0.1, 0.15) is 22.7 Å². The standard InChI is InChI=1S/C16H18O4/c1-16-7-5-4-6-12(16)11-8-10(18-2)9-13(19-3)14(11)15(17)20-16/h5,7-9,12H,4,6H2,1-3H3/t12-,16-/m0/s1. The number of esters is 1. The molecule has 2 aliphatic rings. The fourth-order valence-corrected chi connectivity index (χ4v) is 3.19. The van der Waals surface area contributed by atoms with E-state index in [1.165, 1.54) is 0 Å². The molecule has 0 bridgehead atoms. The summed E-state index contributed by atoms with van der Waals surface area (Å²) in [6.45, 7) is 1.96. The Morgan fingerprint density at radius 3 is 2.80 bits per heavy atom. The van der Waals surface area contributed by atoms with Crippen LogP contribution < -0.4 is 9.47 Å². The van der Waals surface area contributed by atoms with Crippen molar-refractivity contribution in [1.29, 1.82) is 0 Å². The second kappa shape index (κ2) is 4.54. The Bertz CT molecular complexity index is 590. The third kappa shape index (κ3) is 1.79. The number of carbonyl (C=O) groups excluding carboxylic acids is 1. The molecule has 4 heteroatoms. The minimum atomic E-state index is -0.570. The fourth-order valence-electron chi connectivity index (χ4n) is 3.19. The van der Waals surface area contributed by atoms with Gasteiger partial charge in [-0.1, -0.05) is 6.08 Å². The van der Waals surface area contributed by atoms with Gasteiger partial charge < -0.3 is 14.2 Å². The predicted molar refractivity (Wildman–Crippen MR) is 74.5 cm³/mol. The zero-order valence-corrected chi connectivity index (χ0v) is 11.9. The van der Waals surface area contributed by atoms with Crippen molar-refractivity contribution in [3.8, 4) is 11.5 Å². The van der Waals surface area contributed by atoms with Crippen LogP contribution in [0.4, 0.5) is 0 Å². The molecule has 0 radical (unpaired) electrons. The summed E-state index contributed by atoms with van der Waals surface area (Å²) in [6, 6.07) is 3.65. The Morgan fingerprint density at radius 1 is 1.30 bits per heavy atom. The molecule has 0 aromatic heterocycles. The van der Waals surface area contributed by atoms with Gasteiger partial charge in [0.2, 0.25) is 0 Å². The van der Waals surface area contributed by atoms with Gasteiger partial charge >= 0.3 is 5.97 Å². The van der Waals surface area contributed by atoms with Crippen LogP contribution in [0.15, 0.2) is 24.3 Å². The lowest BCUT2D eigenvalue weighted by atomic mass is 9.73. The average Bonchev–Trinajstić information content (AvgIpc) is 2.45. The van der Waals surface area contributed by atoms with Gasteiger partial charge in [0.05, 0.1) is 14.2 Å². The summed E-state index contributed by atoms with van der Waals surface area (Å²) in [5.74, 6) is 1.03. The Morgan fingerprint density at radius 2 is 2.10 bits per heavy atom. The molecule has 1 aliphatic heterocycles. The molecule has 0 saturated heterocycles. The summed E-state index contributed by atoms with van der Waals surface area (Å²) < 4.78 is 16.3. The molecule has 106 valence electrons. The van der Waals surface area contributed by atoms with E-state index in [9.17, 15) is 4.79 Å². The minimum absolute atomic E-state index is 0.143. The molecule has 4 nitrogen and oxygen atoms in total. The van der Waals surface area contributed by atoms with Gasteiger partial charge in [0.15, 0.2) is 0 Å². The minimum Gasteiger partial charge on any atom is -0.497 e. The molecule has 0 amide bonds. The summed E-state index contributed by atoms with van der Waals surface area (Å²) in [5, 5.41) is 0. The topological polar surface area (TPSA) is 44.8 Å². The van der Waals surface area contributed by atoms with E-state index >= 15 is 0 Å². The first-order valence-electron chi connectivity index (χ1n) is 6.76. The number of ether oxygens (including phenoxy) is 3. The molecule has 0 saturated carbocycles. The quantitative estimate of drug-likeness (QED) is 0.614. The maximum Gasteiger partial charge on any atom is 0.343 e. The molecule has 3 rings (SSSR count). The van der Waals surface area contributed by atoms with Crippen molar-refractivity contribution in [2.24, 2.45) is 0 Å². The highest BCUT2D eigenvalue weighted by Gasteiger charge is 2.45. The number of rotatable bonds is 2. The van der Waals surface area contributed by atoms with E-state index in [4.69, 9.17) is 14.2 Å². The summed E-state index contributed by atoms with van der Waals surface area (Å²) >= 11 is 0. The van der Waals surface area contributed by atoms with Crippen LogP contribution in [0.3, 0.4) is 0 Å². The molecule has 1 aliphatic carbocycles. The van der Waals surface area contributed by atoms with Crippen molar-refractivity contribution in [2.45, 2.75) is 31.3 Å². The van der Waals surface area contributed by atoms with Crippen molar-refractivity contribution >= 4 is 5.97 Å². The predicted octanol–water partition coefficient (Wildman–Crippen LogP) is 3.07. The molecule has 20 heavy (non-hydrogen) atoms. The molecule has 0 fully saturated rings. The third-order valence-corrected chi connectivity index (χ3v) is 4.22. The molecule has 0 N–H and O–H groups in total. The number of hydrogen-bond donors (Lipinski definition) is 0. The molecule has 0 spiro atoms. The van der Waals surface area contributed by atoms with Crippen LogP contribution in [0.2, 0.25) is 0 Å². The second-order valence-corrected chi connectivity index (χ2v) is 5.40. The molecule has 0 unspecified atom stereocenters. The third-order valence-electron chi connectivity index (χ3n) is 4.22. The number of benzene rings is 1. The molecular formula is C16H18O4. The largest absolute Gasteiger partial charge is 0.497 e.